The summed E-state index contributed by atoms with van der Waals surface area (Å²) in [7, 11) is 2.98. The highest BCUT2D eigenvalue weighted by molar-refractivity contribution is 6.09. The van der Waals surface area contributed by atoms with Crippen LogP contribution in [0.15, 0.2) is 24.3 Å². The monoisotopic (exact) mass is 270 g/mol. The van der Waals surface area contributed by atoms with Crippen LogP contribution in [0, 0.1) is 6.92 Å². The van der Waals surface area contributed by atoms with Gasteiger partial charge in [-0.1, -0.05) is 0 Å². The van der Waals surface area contributed by atoms with E-state index in [0.29, 0.717) is 5.69 Å². The number of ether oxygens (including phenoxy) is 2. The number of fused-ring (bicyclic) bond motifs is 3. The first-order valence-electron chi connectivity index (χ1n) is 6.19. The smallest absolute Gasteiger partial charge is 0.356 e. The third kappa shape index (κ3) is 1.79. The van der Waals surface area contributed by atoms with E-state index in [2.05, 4.69) is 9.97 Å². The summed E-state index contributed by atoms with van der Waals surface area (Å²) in [6.07, 6.45) is 0. The van der Waals surface area contributed by atoms with Crippen molar-refractivity contribution in [3.8, 4) is 5.75 Å². The van der Waals surface area contributed by atoms with Crippen LogP contribution < -0.4 is 4.74 Å². The molecule has 1 aromatic carbocycles. The topological polar surface area (TPSA) is 64.2 Å². The standard InChI is InChI=1S/C15H14N2O3/c1-8-14-11(7-13(16-8)15(18)20-3)10-5-4-9(19-2)6-12(10)17-14/h4-7,17H,1-3H3. The number of aromatic amines is 1. The van der Waals surface area contributed by atoms with Crippen molar-refractivity contribution >= 4 is 27.8 Å². The van der Waals surface area contributed by atoms with E-state index in [9.17, 15) is 4.79 Å². The minimum Gasteiger partial charge on any atom is -0.497 e. The van der Waals surface area contributed by atoms with E-state index in [1.807, 2.05) is 25.1 Å². The zero-order valence-electron chi connectivity index (χ0n) is 11.5. The maximum absolute atomic E-state index is 11.7. The van der Waals surface area contributed by atoms with Crippen LogP contribution in [0.3, 0.4) is 0 Å². The van der Waals surface area contributed by atoms with Crippen LogP contribution in [0.5, 0.6) is 5.75 Å². The Kier molecular flexibility index (Phi) is 2.82. The van der Waals surface area contributed by atoms with E-state index in [-0.39, 0.29) is 0 Å². The lowest BCUT2D eigenvalue weighted by atomic mass is 10.1. The minimum atomic E-state index is -0.433. The predicted octanol–water partition coefficient (Wildman–Crippen LogP) is 2.82. The molecule has 5 heteroatoms. The van der Waals surface area contributed by atoms with Gasteiger partial charge in [-0.05, 0) is 25.1 Å². The van der Waals surface area contributed by atoms with Crippen LogP contribution in [0.25, 0.3) is 21.8 Å². The summed E-state index contributed by atoms with van der Waals surface area (Å²) < 4.78 is 9.95. The minimum absolute atomic E-state index is 0.314. The van der Waals surface area contributed by atoms with Crippen LogP contribution in [-0.4, -0.2) is 30.2 Å². The van der Waals surface area contributed by atoms with Gasteiger partial charge in [-0.3, -0.25) is 0 Å². The molecule has 3 rings (SSSR count). The third-order valence-corrected chi connectivity index (χ3v) is 3.37. The molecule has 0 radical (unpaired) electrons. The highest BCUT2D eigenvalue weighted by Gasteiger charge is 2.14. The maximum Gasteiger partial charge on any atom is 0.356 e. The number of nitrogens with one attached hydrogen (secondary N) is 1. The van der Waals surface area contributed by atoms with Gasteiger partial charge < -0.3 is 14.5 Å². The molecule has 102 valence electrons. The Morgan fingerprint density at radius 2 is 2.00 bits per heavy atom. The predicted molar refractivity (Wildman–Crippen MR) is 76.2 cm³/mol. The number of aryl methyl sites for hydroxylation is 1. The first kappa shape index (κ1) is 12.5. The summed E-state index contributed by atoms with van der Waals surface area (Å²) in [4.78, 5) is 19.2. The second-order valence-corrected chi connectivity index (χ2v) is 4.54. The fraction of sp³-hybridized carbons (Fsp3) is 0.200. The number of rotatable bonds is 2. The molecule has 0 aliphatic carbocycles. The number of pyridine rings is 1. The van der Waals surface area contributed by atoms with Gasteiger partial charge in [0.2, 0.25) is 0 Å². The van der Waals surface area contributed by atoms with Gasteiger partial charge in [0.1, 0.15) is 11.4 Å². The van der Waals surface area contributed by atoms with Gasteiger partial charge >= 0.3 is 5.97 Å². The van der Waals surface area contributed by atoms with Gasteiger partial charge in [-0.25, -0.2) is 9.78 Å². The van der Waals surface area contributed by atoms with Crippen LogP contribution >= 0.6 is 0 Å². The Labute approximate surface area is 115 Å². The number of H-pyrrole nitrogens is 1. The number of hydrogen-bond donors (Lipinski definition) is 1. The molecule has 0 aliphatic rings. The molecule has 0 aliphatic heterocycles. The van der Waals surface area contributed by atoms with Crippen LogP contribution in [0.1, 0.15) is 16.2 Å². The van der Waals surface area contributed by atoms with E-state index in [1.165, 1.54) is 7.11 Å². The van der Waals surface area contributed by atoms with Crippen molar-refractivity contribution in [2.24, 2.45) is 0 Å². The lowest BCUT2D eigenvalue weighted by Gasteiger charge is -2.01. The van der Waals surface area contributed by atoms with Crippen LogP contribution in [0.2, 0.25) is 0 Å². The average molecular weight is 270 g/mol. The van der Waals surface area contributed by atoms with E-state index in [4.69, 9.17) is 9.47 Å². The maximum atomic E-state index is 11.7. The Morgan fingerprint density at radius 1 is 1.20 bits per heavy atom. The second kappa shape index (κ2) is 4.52. The van der Waals surface area contributed by atoms with Crippen LogP contribution in [-0.2, 0) is 4.74 Å². The molecular formula is C15H14N2O3. The fourth-order valence-electron chi connectivity index (χ4n) is 2.38. The molecule has 5 nitrogen and oxygen atoms in total. The number of hydrogen-bond acceptors (Lipinski definition) is 4. The summed E-state index contributed by atoms with van der Waals surface area (Å²) >= 11 is 0. The van der Waals surface area contributed by atoms with Crippen molar-refractivity contribution in [3.63, 3.8) is 0 Å². The molecule has 0 fully saturated rings. The van der Waals surface area contributed by atoms with Gasteiger partial charge in [0.25, 0.3) is 0 Å². The molecule has 1 N–H and O–H groups in total. The number of methoxy groups -OCH3 is 2. The molecule has 3 aromatic rings. The molecule has 0 atom stereocenters. The lowest BCUT2D eigenvalue weighted by Crippen LogP contribution is -2.05. The van der Waals surface area contributed by atoms with Crippen molar-refractivity contribution in [3.05, 3.63) is 35.7 Å². The van der Waals surface area contributed by atoms with Gasteiger partial charge in [0.15, 0.2) is 0 Å². The first-order valence-corrected chi connectivity index (χ1v) is 6.19. The molecule has 20 heavy (non-hydrogen) atoms. The van der Waals surface area contributed by atoms with Crippen molar-refractivity contribution in [2.75, 3.05) is 14.2 Å². The highest BCUT2D eigenvalue weighted by Crippen LogP contribution is 2.30. The molecule has 2 heterocycles. The fourth-order valence-corrected chi connectivity index (χ4v) is 2.38. The first-order chi connectivity index (χ1) is 9.63. The number of carbonyl (C=O) groups excluding carboxylic acids is 1. The lowest BCUT2D eigenvalue weighted by molar-refractivity contribution is 0.0594. The Balaban J connectivity index is 2.33. The Hall–Kier alpha value is -2.56. The van der Waals surface area contributed by atoms with E-state index < -0.39 is 5.97 Å². The largest absolute Gasteiger partial charge is 0.497 e. The number of nitrogens with zero attached hydrogens (tertiary/aromatic N) is 1. The number of carbonyl (C=O) groups is 1. The summed E-state index contributed by atoms with van der Waals surface area (Å²) in [5.74, 6) is 0.348. The van der Waals surface area contributed by atoms with Crippen molar-refractivity contribution in [1.82, 2.24) is 9.97 Å². The summed E-state index contributed by atoms with van der Waals surface area (Å²) in [5, 5.41) is 1.98. The van der Waals surface area contributed by atoms with Crippen molar-refractivity contribution < 1.29 is 14.3 Å². The van der Waals surface area contributed by atoms with Gasteiger partial charge in [0, 0.05) is 16.8 Å². The van der Waals surface area contributed by atoms with E-state index >= 15 is 0 Å². The quantitative estimate of drug-likeness (QED) is 0.727. The zero-order chi connectivity index (χ0) is 14.3. The molecule has 0 saturated carbocycles. The molecule has 0 spiro atoms. The third-order valence-electron chi connectivity index (χ3n) is 3.37. The highest BCUT2D eigenvalue weighted by atomic mass is 16.5. The molecule has 0 saturated heterocycles. The number of esters is 1. The SMILES string of the molecule is COC(=O)c1cc2c([nH]c3cc(OC)ccc32)c(C)n1. The normalized spacial score (nSPS) is 10.9. The summed E-state index contributed by atoms with van der Waals surface area (Å²) in [5.41, 5.74) is 2.94. The number of benzene rings is 1. The van der Waals surface area contributed by atoms with Gasteiger partial charge in [-0.15, -0.1) is 0 Å². The molecule has 0 unspecified atom stereocenters. The second-order valence-electron chi connectivity index (χ2n) is 4.54. The summed E-state index contributed by atoms with van der Waals surface area (Å²) in [6.45, 7) is 1.86. The van der Waals surface area contributed by atoms with Crippen molar-refractivity contribution in [1.29, 1.82) is 0 Å². The Bertz CT molecular complexity index is 821. The summed E-state index contributed by atoms with van der Waals surface area (Å²) in [6, 6.07) is 7.53. The van der Waals surface area contributed by atoms with Crippen LogP contribution in [0.4, 0.5) is 0 Å². The molecule has 0 amide bonds. The molecular weight excluding hydrogens is 256 g/mol. The Morgan fingerprint density at radius 3 is 2.70 bits per heavy atom. The zero-order valence-corrected chi connectivity index (χ0v) is 11.5. The van der Waals surface area contributed by atoms with E-state index in [1.54, 1.807) is 13.2 Å². The molecule has 2 aromatic heterocycles. The molecule has 0 bridgehead atoms. The number of aromatic nitrogens is 2. The average Bonchev–Trinajstić information content (AvgIpc) is 2.84. The van der Waals surface area contributed by atoms with E-state index in [0.717, 1.165) is 33.2 Å². The van der Waals surface area contributed by atoms with Crippen molar-refractivity contribution in [2.45, 2.75) is 6.92 Å². The van der Waals surface area contributed by atoms with Gasteiger partial charge in [-0.2, -0.15) is 0 Å². The van der Waals surface area contributed by atoms with Gasteiger partial charge in [0.05, 0.1) is 30.9 Å².